The van der Waals surface area contributed by atoms with Crippen molar-refractivity contribution in [3.8, 4) is 11.3 Å². The van der Waals surface area contributed by atoms with Crippen LogP contribution in [0.5, 0.6) is 0 Å². The van der Waals surface area contributed by atoms with Gasteiger partial charge in [0.1, 0.15) is 22.3 Å². The molecule has 0 radical (unpaired) electrons. The Kier molecular flexibility index (Phi) is 7.03. The van der Waals surface area contributed by atoms with Gasteiger partial charge in [0.15, 0.2) is 11.1 Å². The number of nitrogens with one attached hydrogen (secondary N) is 2. The lowest BCUT2D eigenvalue weighted by molar-refractivity contribution is 0.0977. The van der Waals surface area contributed by atoms with Gasteiger partial charge in [-0.25, -0.2) is 22.5 Å². The van der Waals surface area contributed by atoms with E-state index in [-0.39, 0.29) is 33.3 Å². The van der Waals surface area contributed by atoms with Gasteiger partial charge in [0, 0.05) is 22.9 Å². The molecule has 0 aliphatic heterocycles. The topological polar surface area (TPSA) is 131 Å². The Hall–Kier alpha value is -3.83. The molecule has 0 aliphatic rings. The zero-order valence-electron chi connectivity index (χ0n) is 20.2. The highest BCUT2D eigenvalue weighted by atomic mass is 35.5. The molecule has 0 aliphatic carbocycles. The second kappa shape index (κ2) is 9.91. The molecule has 9 nitrogen and oxygen atoms in total. The normalized spacial score (nSPS) is 12.4. The monoisotopic (exact) mass is 544 g/mol. The number of anilines is 1. The molecule has 4 rings (SSSR count). The van der Waals surface area contributed by atoms with Crippen molar-refractivity contribution in [2.24, 2.45) is 0 Å². The standard InChI is InChI=1S/C25H22ClFN4O5S/c1-12-7-17(14(3)29-19-5-6-20(26)30-21(19)25(33)31-37(4,34)35)24-18(8-12)22(32)13(2)23(36-24)15-9-16(27)11-28-10-15/h5-11,14,29H,1-4H3,(H,31,33). The molecule has 1 aromatic carbocycles. The summed E-state index contributed by atoms with van der Waals surface area (Å²) in [5.74, 6) is -1.35. The molecule has 1 amide bonds. The molecule has 37 heavy (non-hydrogen) atoms. The molecule has 2 N–H and O–H groups in total. The Bertz CT molecular complexity index is 1720. The van der Waals surface area contributed by atoms with Crippen LogP contribution in [0.15, 0.2) is 51.9 Å². The Labute approximate surface area is 216 Å². The average molecular weight is 545 g/mol. The van der Waals surface area contributed by atoms with Gasteiger partial charge in [0.05, 0.1) is 29.6 Å². The SMILES string of the molecule is Cc1cc(C(C)Nc2ccc(Cl)nc2C(=O)NS(C)(=O)=O)c2oc(-c3cncc(F)c3)c(C)c(=O)c2c1. The summed E-state index contributed by atoms with van der Waals surface area (Å²) >= 11 is 5.95. The quantitative estimate of drug-likeness (QED) is 0.339. The number of hydrogen-bond acceptors (Lipinski definition) is 8. The van der Waals surface area contributed by atoms with E-state index in [0.717, 1.165) is 18.0 Å². The van der Waals surface area contributed by atoms with Crippen LogP contribution in [-0.2, 0) is 10.0 Å². The van der Waals surface area contributed by atoms with E-state index in [1.165, 1.54) is 24.4 Å². The third-order valence-electron chi connectivity index (χ3n) is 5.55. The second-order valence-corrected chi connectivity index (χ2v) is 10.7. The summed E-state index contributed by atoms with van der Waals surface area (Å²) in [6.45, 7) is 5.19. The highest BCUT2D eigenvalue weighted by molar-refractivity contribution is 7.89. The summed E-state index contributed by atoms with van der Waals surface area (Å²) in [5, 5.41) is 3.46. The summed E-state index contributed by atoms with van der Waals surface area (Å²) in [4.78, 5) is 33.7. The molecule has 0 saturated carbocycles. The molecule has 0 saturated heterocycles. The van der Waals surface area contributed by atoms with Gasteiger partial charge in [-0.05, 0) is 50.6 Å². The van der Waals surface area contributed by atoms with E-state index in [1.54, 1.807) is 19.9 Å². The van der Waals surface area contributed by atoms with Crippen LogP contribution in [0.25, 0.3) is 22.3 Å². The smallest absolute Gasteiger partial charge is 0.285 e. The van der Waals surface area contributed by atoms with E-state index in [4.69, 9.17) is 16.0 Å². The number of halogens is 2. The largest absolute Gasteiger partial charge is 0.455 e. The van der Waals surface area contributed by atoms with Gasteiger partial charge < -0.3 is 9.73 Å². The number of nitrogens with zero attached hydrogens (tertiary/aromatic N) is 2. The molecule has 3 aromatic heterocycles. The molecule has 1 atom stereocenters. The van der Waals surface area contributed by atoms with Crippen molar-refractivity contribution in [3.63, 3.8) is 0 Å². The van der Waals surface area contributed by atoms with Crippen molar-refractivity contribution < 1.29 is 22.0 Å². The Morgan fingerprint density at radius 2 is 1.89 bits per heavy atom. The number of benzene rings is 1. The summed E-state index contributed by atoms with van der Waals surface area (Å²) in [5.41, 5.74) is 1.93. The van der Waals surface area contributed by atoms with Crippen molar-refractivity contribution in [1.29, 1.82) is 0 Å². The summed E-state index contributed by atoms with van der Waals surface area (Å²) < 4.78 is 45.1. The number of sulfonamides is 1. The minimum absolute atomic E-state index is 0.00678. The molecule has 0 bridgehead atoms. The number of hydrogen-bond donors (Lipinski definition) is 2. The minimum atomic E-state index is -3.85. The van der Waals surface area contributed by atoms with E-state index in [9.17, 15) is 22.4 Å². The van der Waals surface area contributed by atoms with Crippen LogP contribution >= 0.6 is 11.6 Å². The van der Waals surface area contributed by atoms with Gasteiger partial charge in [-0.2, -0.15) is 0 Å². The Balaban J connectivity index is 1.84. The van der Waals surface area contributed by atoms with Crippen LogP contribution in [0.4, 0.5) is 10.1 Å². The Morgan fingerprint density at radius 3 is 2.57 bits per heavy atom. The number of rotatable bonds is 6. The molecule has 12 heteroatoms. The number of aryl methyl sites for hydroxylation is 1. The van der Waals surface area contributed by atoms with Gasteiger partial charge in [0.2, 0.25) is 10.0 Å². The molecular formula is C25H22ClFN4O5S. The number of carbonyl (C=O) groups is 1. The van der Waals surface area contributed by atoms with E-state index in [1.807, 2.05) is 17.7 Å². The fourth-order valence-corrected chi connectivity index (χ4v) is 4.53. The van der Waals surface area contributed by atoms with Gasteiger partial charge in [-0.15, -0.1) is 0 Å². The molecule has 192 valence electrons. The number of amides is 1. The van der Waals surface area contributed by atoms with Crippen molar-refractivity contribution >= 4 is 44.2 Å². The fourth-order valence-electron chi connectivity index (χ4n) is 3.95. The van der Waals surface area contributed by atoms with Crippen molar-refractivity contribution in [1.82, 2.24) is 14.7 Å². The third kappa shape index (κ3) is 5.62. The Morgan fingerprint density at radius 1 is 1.16 bits per heavy atom. The van der Waals surface area contributed by atoms with Crippen LogP contribution in [0.1, 0.15) is 40.1 Å². The predicted molar refractivity (Wildman–Crippen MR) is 139 cm³/mol. The number of pyridine rings is 2. The minimum Gasteiger partial charge on any atom is -0.455 e. The predicted octanol–water partition coefficient (Wildman–Crippen LogP) is 4.52. The summed E-state index contributed by atoms with van der Waals surface area (Å²) in [7, 11) is -3.85. The number of aromatic nitrogens is 2. The van der Waals surface area contributed by atoms with Gasteiger partial charge in [-0.3, -0.25) is 14.6 Å². The van der Waals surface area contributed by atoms with Crippen molar-refractivity contribution in [2.45, 2.75) is 26.8 Å². The van der Waals surface area contributed by atoms with Crippen LogP contribution in [0, 0.1) is 19.7 Å². The first-order chi connectivity index (χ1) is 17.3. The first-order valence-corrected chi connectivity index (χ1v) is 13.2. The van der Waals surface area contributed by atoms with E-state index in [0.29, 0.717) is 22.1 Å². The van der Waals surface area contributed by atoms with E-state index < -0.39 is 27.8 Å². The molecule has 0 spiro atoms. The second-order valence-electron chi connectivity index (χ2n) is 8.61. The summed E-state index contributed by atoms with van der Waals surface area (Å²) in [6.07, 6.45) is 3.30. The highest BCUT2D eigenvalue weighted by Crippen LogP contribution is 2.32. The zero-order valence-corrected chi connectivity index (χ0v) is 21.8. The summed E-state index contributed by atoms with van der Waals surface area (Å²) in [6, 6.07) is 7.12. The van der Waals surface area contributed by atoms with Crippen molar-refractivity contribution in [3.05, 3.63) is 86.3 Å². The maximum atomic E-state index is 13.9. The van der Waals surface area contributed by atoms with Gasteiger partial charge >= 0.3 is 0 Å². The van der Waals surface area contributed by atoms with Crippen LogP contribution < -0.4 is 15.5 Å². The lowest BCUT2D eigenvalue weighted by Gasteiger charge is -2.20. The fraction of sp³-hybridized carbons (Fsp3) is 0.200. The first-order valence-electron chi connectivity index (χ1n) is 11.0. The van der Waals surface area contributed by atoms with Crippen LogP contribution in [-0.4, -0.2) is 30.5 Å². The van der Waals surface area contributed by atoms with E-state index in [2.05, 4.69) is 15.3 Å². The number of carbonyl (C=O) groups excluding carboxylic acids is 1. The van der Waals surface area contributed by atoms with E-state index >= 15 is 0 Å². The zero-order chi connectivity index (χ0) is 27.1. The third-order valence-corrected chi connectivity index (χ3v) is 6.32. The molecule has 3 heterocycles. The maximum Gasteiger partial charge on any atom is 0.285 e. The van der Waals surface area contributed by atoms with Gasteiger partial charge in [0.25, 0.3) is 5.91 Å². The first kappa shape index (κ1) is 26.2. The van der Waals surface area contributed by atoms with Crippen LogP contribution in [0.3, 0.4) is 0 Å². The lowest BCUT2D eigenvalue weighted by Crippen LogP contribution is -2.31. The van der Waals surface area contributed by atoms with Gasteiger partial charge in [-0.1, -0.05) is 17.7 Å². The molecule has 4 aromatic rings. The van der Waals surface area contributed by atoms with Crippen LogP contribution in [0.2, 0.25) is 5.15 Å². The number of fused-ring (bicyclic) bond motifs is 1. The molecule has 0 fully saturated rings. The lowest BCUT2D eigenvalue weighted by atomic mass is 9.99. The highest BCUT2D eigenvalue weighted by Gasteiger charge is 2.22. The molecule has 1 unspecified atom stereocenters. The maximum absolute atomic E-state index is 13.9. The van der Waals surface area contributed by atoms with Crippen molar-refractivity contribution in [2.75, 3.05) is 11.6 Å². The molecular weight excluding hydrogens is 523 g/mol. The average Bonchev–Trinajstić information content (AvgIpc) is 2.81.